The lowest BCUT2D eigenvalue weighted by Gasteiger charge is -2.65. The van der Waals surface area contributed by atoms with E-state index in [4.69, 9.17) is 14.3 Å². The molecule has 0 saturated heterocycles. The van der Waals surface area contributed by atoms with Crippen LogP contribution in [-0.2, 0) is 14.3 Å². The number of hydrogen-bond donors (Lipinski definition) is 3. The molecule has 8 nitrogen and oxygen atoms in total. The summed E-state index contributed by atoms with van der Waals surface area (Å²) in [7, 11) is 0. The molecule has 4 fully saturated rings. The van der Waals surface area contributed by atoms with Gasteiger partial charge in [0.15, 0.2) is 0 Å². The number of carboxylic acid groups (broad SMARTS) is 1. The van der Waals surface area contributed by atoms with E-state index < -0.39 is 23.1 Å². The molecule has 4 aliphatic rings. The number of aliphatic hydroxyl groups excluding tert-OH is 1. The standard InChI is InChI=1S/C32H46O8/c1-30-15-13-22(40-28(37)8-6-4-3-5-7-26(34)35)17-21(30)10-11-24-29(30)25(33)18-31(2)23(14-16-32(24,31)38)20-9-12-27(36)39-19-20/h9,12,19,21-25,29,33,38H,3-8,10-11,13-18H2,1-2H3,(H,34,35)/t21-,22+,23-,24?,25?,29?,30+,31-,32+/m1/s1. The van der Waals surface area contributed by atoms with Crippen LogP contribution in [-0.4, -0.2) is 45.1 Å². The van der Waals surface area contributed by atoms with Gasteiger partial charge in [-0.2, -0.15) is 0 Å². The average molecular weight is 559 g/mol. The van der Waals surface area contributed by atoms with Crippen LogP contribution >= 0.6 is 0 Å². The van der Waals surface area contributed by atoms with Gasteiger partial charge in [-0.15, -0.1) is 0 Å². The molecule has 8 heteroatoms. The van der Waals surface area contributed by atoms with Crippen molar-refractivity contribution < 1.29 is 34.1 Å². The summed E-state index contributed by atoms with van der Waals surface area (Å²) in [5.74, 6) is -0.591. The van der Waals surface area contributed by atoms with E-state index in [1.54, 1.807) is 0 Å². The quantitative estimate of drug-likeness (QED) is 0.279. The zero-order valence-corrected chi connectivity index (χ0v) is 24.0. The van der Waals surface area contributed by atoms with E-state index in [0.717, 1.165) is 63.4 Å². The summed E-state index contributed by atoms with van der Waals surface area (Å²) >= 11 is 0. The lowest BCUT2D eigenvalue weighted by atomic mass is 9.42. The van der Waals surface area contributed by atoms with Crippen molar-refractivity contribution in [2.75, 3.05) is 0 Å². The van der Waals surface area contributed by atoms with Crippen LogP contribution in [0.15, 0.2) is 27.6 Å². The molecule has 222 valence electrons. The van der Waals surface area contributed by atoms with Crippen LogP contribution < -0.4 is 5.63 Å². The van der Waals surface area contributed by atoms with E-state index in [-0.39, 0.29) is 47.3 Å². The molecule has 3 unspecified atom stereocenters. The Kier molecular flexibility index (Phi) is 8.23. The molecule has 0 aliphatic heterocycles. The van der Waals surface area contributed by atoms with Crippen molar-refractivity contribution in [3.63, 3.8) is 0 Å². The number of carbonyl (C=O) groups is 2. The fourth-order valence-electron chi connectivity index (χ4n) is 9.64. The Balaban J connectivity index is 1.22. The Morgan fingerprint density at radius 3 is 2.48 bits per heavy atom. The highest BCUT2D eigenvalue weighted by Gasteiger charge is 2.69. The minimum Gasteiger partial charge on any atom is -0.481 e. The maximum Gasteiger partial charge on any atom is 0.335 e. The van der Waals surface area contributed by atoms with Gasteiger partial charge in [0.25, 0.3) is 0 Å². The van der Waals surface area contributed by atoms with Crippen LogP contribution in [0.5, 0.6) is 0 Å². The Hall–Kier alpha value is -2.19. The summed E-state index contributed by atoms with van der Waals surface area (Å²) in [6.07, 6.45) is 10.7. The number of aliphatic hydroxyl groups is 2. The fraction of sp³-hybridized carbons (Fsp3) is 0.781. The van der Waals surface area contributed by atoms with Gasteiger partial charge in [-0.3, -0.25) is 9.59 Å². The second-order valence-corrected chi connectivity index (χ2v) is 13.7. The van der Waals surface area contributed by atoms with Crippen LogP contribution in [0, 0.1) is 28.6 Å². The first-order valence-electron chi connectivity index (χ1n) is 15.4. The highest BCUT2D eigenvalue weighted by atomic mass is 16.5. The van der Waals surface area contributed by atoms with Crippen molar-refractivity contribution in [3.05, 3.63) is 34.4 Å². The van der Waals surface area contributed by atoms with Gasteiger partial charge in [0.1, 0.15) is 6.10 Å². The number of carbonyl (C=O) groups excluding carboxylic acids is 1. The first-order chi connectivity index (χ1) is 19.0. The highest BCUT2D eigenvalue weighted by Crippen LogP contribution is 2.70. The Bertz CT molecular complexity index is 1130. The van der Waals surface area contributed by atoms with Gasteiger partial charge in [-0.1, -0.05) is 26.7 Å². The Labute approximate surface area is 236 Å². The molecule has 40 heavy (non-hydrogen) atoms. The number of rotatable bonds is 9. The first-order valence-corrected chi connectivity index (χ1v) is 15.4. The van der Waals surface area contributed by atoms with Gasteiger partial charge in [0.05, 0.1) is 18.0 Å². The molecular formula is C32H46O8. The smallest absolute Gasteiger partial charge is 0.335 e. The number of carboxylic acids is 1. The zero-order valence-electron chi connectivity index (χ0n) is 24.0. The van der Waals surface area contributed by atoms with Crippen molar-refractivity contribution in [2.24, 2.45) is 28.6 Å². The molecule has 1 aromatic heterocycles. The zero-order chi connectivity index (χ0) is 28.7. The predicted octanol–water partition coefficient (Wildman–Crippen LogP) is 5.19. The van der Waals surface area contributed by atoms with E-state index in [2.05, 4.69) is 13.8 Å². The van der Waals surface area contributed by atoms with Gasteiger partial charge >= 0.3 is 17.6 Å². The number of ether oxygens (including phenoxy) is 1. The van der Waals surface area contributed by atoms with Gasteiger partial charge in [0, 0.05) is 24.3 Å². The highest BCUT2D eigenvalue weighted by molar-refractivity contribution is 5.69. The molecule has 9 atom stereocenters. The Morgan fingerprint density at radius 2 is 1.77 bits per heavy atom. The Morgan fingerprint density at radius 1 is 1.02 bits per heavy atom. The summed E-state index contributed by atoms with van der Waals surface area (Å²) in [5.41, 5.74) is -0.974. The SMILES string of the molecule is C[C@]12CC[C@H](OC(=O)CCCCCCC(=O)O)C[C@H]1CCC1C2C(O)C[C@]2(C)[C@@H](c3ccc(=O)oc3)CC[C@]12O. The number of aliphatic carboxylic acids is 1. The molecule has 1 heterocycles. The van der Waals surface area contributed by atoms with Crippen LogP contribution in [0.2, 0.25) is 0 Å². The molecule has 4 saturated carbocycles. The van der Waals surface area contributed by atoms with Crippen molar-refractivity contribution in [2.45, 2.75) is 127 Å². The molecule has 0 aromatic carbocycles. The maximum atomic E-state index is 12.5. The summed E-state index contributed by atoms with van der Waals surface area (Å²) in [6, 6.07) is 3.25. The largest absolute Gasteiger partial charge is 0.481 e. The van der Waals surface area contributed by atoms with Crippen LogP contribution in [0.1, 0.15) is 115 Å². The molecule has 0 bridgehead atoms. The van der Waals surface area contributed by atoms with E-state index in [1.807, 2.05) is 6.07 Å². The fourth-order valence-corrected chi connectivity index (χ4v) is 9.64. The predicted molar refractivity (Wildman–Crippen MR) is 148 cm³/mol. The maximum absolute atomic E-state index is 12.5. The minimum absolute atomic E-state index is 0.000709. The molecule has 1 aromatic rings. The number of esters is 1. The van der Waals surface area contributed by atoms with E-state index in [0.29, 0.717) is 31.6 Å². The third-order valence-corrected chi connectivity index (χ3v) is 11.7. The normalized spacial score (nSPS) is 40.5. The summed E-state index contributed by atoms with van der Waals surface area (Å²) < 4.78 is 11.1. The minimum atomic E-state index is -0.889. The molecule has 4 aliphatic carbocycles. The van der Waals surface area contributed by atoms with Crippen LogP contribution in [0.3, 0.4) is 0 Å². The topological polar surface area (TPSA) is 134 Å². The van der Waals surface area contributed by atoms with Gasteiger partial charge in [-0.05, 0) is 105 Å². The number of hydrogen-bond acceptors (Lipinski definition) is 7. The second-order valence-electron chi connectivity index (χ2n) is 13.7. The molecule has 0 amide bonds. The lowest BCUT2D eigenvalue weighted by molar-refractivity contribution is -0.240. The van der Waals surface area contributed by atoms with Crippen molar-refractivity contribution >= 4 is 11.9 Å². The van der Waals surface area contributed by atoms with Crippen molar-refractivity contribution in [1.29, 1.82) is 0 Å². The van der Waals surface area contributed by atoms with Crippen molar-refractivity contribution in [1.82, 2.24) is 0 Å². The van der Waals surface area contributed by atoms with Gasteiger partial charge in [-0.25, -0.2) is 4.79 Å². The summed E-state index contributed by atoms with van der Waals surface area (Å²) in [6.45, 7) is 4.41. The molecule has 0 spiro atoms. The third-order valence-electron chi connectivity index (χ3n) is 11.7. The number of fused-ring (bicyclic) bond motifs is 5. The summed E-state index contributed by atoms with van der Waals surface area (Å²) in [4.78, 5) is 34.7. The summed E-state index contributed by atoms with van der Waals surface area (Å²) in [5, 5.41) is 32.9. The van der Waals surface area contributed by atoms with E-state index >= 15 is 0 Å². The first kappa shape index (κ1) is 29.3. The number of unbranched alkanes of at least 4 members (excludes halogenated alkanes) is 3. The van der Waals surface area contributed by atoms with Crippen LogP contribution in [0.4, 0.5) is 0 Å². The van der Waals surface area contributed by atoms with Gasteiger partial charge < -0.3 is 24.5 Å². The van der Waals surface area contributed by atoms with Gasteiger partial charge in [0.2, 0.25) is 0 Å². The van der Waals surface area contributed by atoms with Crippen molar-refractivity contribution in [3.8, 4) is 0 Å². The molecule has 3 N–H and O–H groups in total. The molecule has 5 rings (SSSR count). The molecule has 0 radical (unpaired) electrons. The van der Waals surface area contributed by atoms with E-state index in [1.165, 1.54) is 12.3 Å². The van der Waals surface area contributed by atoms with E-state index in [9.17, 15) is 24.6 Å². The third kappa shape index (κ3) is 5.15. The van der Waals surface area contributed by atoms with Crippen LogP contribution in [0.25, 0.3) is 0 Å². The molecular weight excluding hydrogens is 512 g/mol. The average Bonchev–Trinajstić information content (AvgIpc) is 3.17. The lowest BCUT2D eigenvalue weighted by Crippen LogP contribution is -2.66. The monoisotopic (exact) mass is 558 g/mol. The second kappa shape index (κ2) is 11.2.